The molecule has 18 heavy (non-hydrogen) atoms. The minimum atomic E-state index is 0.528. The van der Waals surface area contributed by atoms with E-state index in [4.69, 9.17) is 11.6 Å². The maximum Gasteiger partial charge on any atom is 0.0680 e. The van der Waals surface area contributed by atoms with Gasteiger partial charge in [0.05, 0.1) is 17.8 Å². The number of aromatic nitrogens is 2. The van der Waals surface area contributed by atoms with Crippen molar-refractivity contribution in [1.29, 1.82) is 0 Å². The van der Waals surface area contributed by atoms with Crippen molar-refractivity contribution in [3.8, 4) is 5.69 Å². The lowest BCUT2D eigenvalue weighted by Gasteiger charge is -2.11. The second kappa shape index (κ2) is 5.57. The summed E-state index contributed by atoms with van der Waals surface area (Å²) in [5.74, 6) is 0.528. The molecular formula is C15H19ClN2. The average molecular weight is 263 g/mol. The van der Waals surface area contributed by atoms with Crippen molar-refractivity contribution >= 4 is 11.6 Å². The van der Waals surface area contributed by atoms with E-state index in [2.05, 4.69) is 44.1 Å². The SMILES string of the molecule is CCCc1c(CCl)cnn1-c1cc(C)ccc1C. The molecule has 0 aliphatic rings. The summed E-state index contributed by atoms with van der Waals surface area (Å²) in [6.07, 6.45) is 4.00. The van der Waals surface area contributed by atoms with Gasteiger partial charge in [-0.2, -0.15) is 5.10 Å². The molecule has 0 aliphatic heterocycles. The summed E-state index contributed by atoms with van der Waals surface area (Å²) in [7, 11) is 0. The van der Waals surface area contributed by atoms with E-state index in [0.29, 0.717) is 5.88 Å². The minimum Gasteiger partial charge on any atom is -0.237 e. The molecule has 0 saturated heterocycles. The molecule has 0 N–H and O–H groups in total. The third-order valence-corrected chi connectivity index (χ3v) is 3.47. The van der Waals surface area contributed by atoms with Gasteiger partial charge in [-0.1, -0.05) is 25.5 Å². The van der Waals surface area contributed by atoms with Gasteiger partial charge in [0.15, 0.2) is 0 Å². The lowest BCUT2D eigenvalue weighted by Crippen LogP contribution is -2.05. The Labute approximate surface area is 114 Å². The predicted molar refractivity (Wildman–Crippen MR) is 76.6 cm³/mol. The Morgan fingerprint density at radius 3 is 2.72 bits per heavy atom. The zero-order valence-electron chi connectivity index (χ0n) is 11.2. The Morgan fingerprint density at radius 2 is 2.06 bits per heavy atom. The van der Waals surface area contributed by atoms with Crippen LogP contribution in [0.4, 0.5) is 0 Å². The predicted octanol–water partition coefficient (Wildman–Crippen LogP) is 4.18. The van der Waals surface area contributed by atoms with Crippen LogP contribution >= 0.6 is 11.6 Å². The summed E-state index contributed by atoms with van der Waals surface area (Å²) >= 11 is 5.99. The van der Waals surface area contributed by atoms with Crippen LogP contribution in [0.1, 0.15) is 35.7 Å². The van der Waals surface area contributed by atoms with Crippen LogP contribution < -0.4 is 0 Å². The zero-order chi connectivity index (χ0) is 13.1. The highest BCUT2D eigenvalue weighted by molar-refractivity contribution is 6.17. The Hall–Kier alpha value is -1.28. The topological polar surface area (TPSA) is 17.8 Å². The number of alkyl halides is 1. The molecule has 2 nitrogen and oxygen atoms in total. The van der Waals surface area contributed by atoms with Crippen LogP contribution in [-0.4, -0.2) is 9.78 Å². The molecule has 0 aliphatic carbocycles. The molecule has 1 heterocycles. The molecule has 3 heteroatoms. The standard InChI is InChI=1S/C15H19ClN2/c1-4-5-14-13(9-16)10-17-18(14)15-8-11(2)6-7-12(15)3/h6-8,10H,4-5,9H2,1-3H3. The fourth-order valence-corrected chi connectivity index (χ4v) is 2.40. The highest BCUT2D eigenvalue weighted by Crippen LogP contribution is 2.21. The van der Waals surface area contributed by atoms with Gasteiger partial charge in [0, 0.05) is 11.3 Å². The Balaban J connectivity index is 2.56. The molecule has 2 rings (SSSR count). The van der Waals surface area contributed by atoms with Crippen LogP contribution in [0.3, 0.4) is 0 Å². The summed E-state index contributed by atoms with van der Waals surface area (Å²) in [5, 5.41) is 4.51. The fraction of sp³-hybridized carbons (Fsp3) is 0.400. The Morgan fingerprint density at radius 1 is 1.28 bits per heavy atom. The van der Waals surface area contributed by atoms with E-state index in [0.717, 1.165) is 24.1 Å². The first-order valence-electron chi connectivity index (χ1n) is 6.36. The molecule has 0 bridgehead atoms. The van der Waals surface area contributed by atoms with Crippen LogP contribution in [0.25, 0.3) is 5.69 Å². The third-order valence-electron chi connectivity index (χ3n) is 3.18. The summed E-state index contributed by atoms with van der Waals surface area (Å²) in [5.41, 5.74) is 6.03. The number of hydrogen-bond donors (Lipinski definition) is 0. The number of nitrogens with zero attached hydrogens (tertiary/aromatic N) is 2. The van der Waals surface area contributed by atoms with E-state index in [1.54, 1.807) is 0 Å². The summed E-state index contributed by atoms with van der Waals surface area (Å²) < 4.78 is 2.05. The van der Waals surface area contributed by atoms with Crippen molar-refractivity contribution in [3.63, 3.8) is 0 Å². The van der Waals surface area contributed by atoms with Gasteiger partial charge < -0.3 is 0 Å². The van der Waals surface area contributed by atoms with Gasteiger partial charge in [0.1, 0.15) is 0 Å². The van der Waals surface area contributed by atoms with Gasteiger partial charge >= 0.3 is 0 Å². The first kappa shape index (κ1) is 13.2. The maximum atomic E-state index is 5.99. The first-order valence-corrected chi connectivity index (χ1v) is 6.90. The van der Waals surface area contributed by atoms with Crippen molar-refractivity contribution in [2.45, 2.75) is 39.5 Å². The molecule has 2 aromatic rings. The van der Waals surface area contributed by atoms with Crippen LogP contribution in [0.5, 0.6) is 0 Å². The lowest BCUT2D eigenvalue weighted by molar-refractivity contribution is 0.767. The Kier molecular flexibility index (Phi) is 4.07. The number of hydrogen-bond acceptors (Lipinski definition) is 1. The molecule has 1 aromatic heterocycles. The zero-order valence-corrected chi connectivity index (χ0v) is 12.0. The molecular weight excluding hydrogens is 244 g/mol. The summed E-state index contributed by atoms with van der Waals surface area (Å²) in [6.45, 7) is 6.40. The summed E-state index contributed by atoms with van der Waals surface area (Å²) in [6, 6.07) is 6.45. The van der Waals surface area contributed by atoms with E-state index in [-0.39, 0.29) is 0 Å². The molecule has 0 saturated carbocycles. The highest BCUT2D eigenvalue weighted by atomic mass is 35.5. The van der Waals surface area contributed by atoms with Crippen LogP contribution in [-0.2, 0) is 12.3 Å². The molecule has 0 fully saturated rings. The number of halogens is 1. The molecule has 0 unspecified atom stereocenters. The van der Waals surface area contributed by atoms with Crippen LogP contribution in [0.2, 0.25) is 0 Å². The molecule has 0 amide bonds. The minimum absolute atomic E-state index is 0.528. The second-order valence-electron chi connectivity index (χ2n) is 4.70. The molecule has 0 radical (unpaired) electrons. The van der Waals surface area contributed by atoms with E-state index in [9.17, 15) is 0 Å². The summed E-state index contributed by atoms with van der Waals surface area (Å²) in [4.78, 5) is 0. The van der Waals surface area contributed by atoms with Gasteiger partial charge in [0.25, 0.3) is 0 Å². The van der Waals surface area contributed by atoms with Crippen molar-refractivity contribution in [2.75, 3.05) is 0 Å². The van der Waals surface area contributed by atoms with Gasteiger partial charge in [0.2, 0.25) is 0 Å². The smallest absolute Gasteiger partial charge is 0.0680 e. The van der Waals surface area contributed by atoms with E-state index < -0.39 is 0 Å². The third kappa shape index (κ3) is 2.44. The largest absolute Gasteiger partial charge is 0.237 e. The number of aryl methyl sites for hydroxylation is 2. The highest BCUT2D eigenvalue weighted by Gasteiger charge is 2.12. The number of benzene rings is 1. The molecule has 1 aromatic carbocycles. The van der Waals surface area contributed by atoms with Gasteiger partial charge in [-0.3, -0.25) is 0 Å². The van der Waals surface area contributed by atoms with Gasteiger partial charge in [-0.15, -0.1) is 11.6 Å². The normalized spacial score (nSPS) is 10.9. The number of rotatable bonds is 4. The molecule has 96 valence electrons. The van der Waals surface area contributed by atoms with E-state index in [1.165, 1.54) is 16.8 Å². The van der Waals surface area contributed by atoms with Crippen molar-refractivity contribution in [3.05, 3.63) is 46.8 Å². The maximum absolute atomic E-state index is 5.99. The fourth-order valence-electron chi connectivity index (χ4n) is 2.18. The van der Waals surface area contributed by atoms with Gasteiger partial charge in [-0.05, 0) is 37.5 Å². The van der Waals surface area contributed by atoms with Crippen LogP contribution in [0, 0.1) is 13.8 Å². The first-order chi connectivity index (χ1) is 8.67. The molecule has 0 spiro atoms. The van der Waals surface area contributed by atoms with Crippen molar-refractivity contribution in [1.82, 2.24) is 9.78 Å². The lowest BCUT2D eigenvalue weighted by atomic mass is 10.1. The van der Waals surface area contributed by atoms with Crippen molar-refractivity contribution in [2.24, 2.45) is 0 Å². The monoisotopic (exact) mass is 262 g/mol. The second-order valence-corrected chi connectivity index (χ2v) is 4.97. The van der Waals surface area contributed by atoms with Crippen molar-refractivity contribution < 1.29 is 0 Å². The Bertz CT molecular complexity index is 543. The van der Waals surface area contributed by atoms with E-state index in [1.807, 2.05) is 10.9 Å². The van der Waals surface area contributed by atoms with Gasteiger partial charge in [-0.25, -0.2) is 4.68 Å². The van der Waals surface area contributed by atoms with E-state index >= 15 is 0 Å². The molecule has 0 atom stereocenters. The average Bonchev–Trinajstić information content (AvgIpc) is 2.76. The van der Waals surface area contributed by atoms with Crippen LogP contribution in [0.15, 0.2) is 24.4 Å². The quantitative estimate of drug-likeness (QED) is 0.756.